The van der Waals surface area contributed by atoms with E-state index >= 15 is 0 Å². The third-order valence-electron chi connectivity index (χ3n) is 4.44. The molecular weight excluding hydrogens is 348 g/mol. The van der Waals surface area contributed by atoms with Crippen LogP contribution in [-0.4, -0.2) is 44.6 Å². The van der Waals surface area contributed by atoms with E-state index in [0.29, 0.717) is 29.7 Å². The number of hydrogen-bond donors (Lipinski definition) is 0. The maximum atomic E-state index is 12.9. The number of hydrogen-bond acceptors (Lipinski definition) is 3. The van der Waals surface area contributed by atoms with Gasteiger partial charge in [0.25, 0.3) is 0 Å². The molecule has 1 aliphatic heterocycles. The average molecular weight is 373 g/mol. The Labute approximate surface area is 149 Å². The van der Waals surface area contributed by atoms with Gasteiger partial charge >= 0.3 is 0 Å². The summed E-state index contributed by atoms with van der Waals surface area (Å²) < 4.78 is 26.0. The smallest absolute Gasteiger partial charge is 0.246 e. The summed E-state index contributed by atoms with van der Waals surface area (Å²) in [6, 6.07) is 4.26. The molecule has 0 unspecified atom stereocenters. The Kier molecular flexibility index (Phi) is 5.81. The molecule has 0 N–H and O–H groups in total. The highest BCUT2D eigenvalue weighted by Gasteiger charge is 2.34. The summed E-state index contributed by atoms with van der Waals surface area (Å²) in [6.07, 6.45) is 3.17. The van der Waals surface area contributed by atoms with E-state index in [-0.39, 0.29) is 5.91 Å². The van der Waals surface area contributed by atoms with Crippen molar-refractivity contribution in [2.45, 2.75) is 39.7 Å². The number of halogens is 1. The normalized spacial score (nSPS) is 19.9. The number of anilines is 1. The number of nitrogens with zero attached hydrogens (tertiary/aromatic N) is 2. The lowest BCUT2D eigenvalue weighted by atomic mass is 9.99. The zero-order chi connectivity index (χ0) is 18.1. The summed E-state index contributed by atoms with van der Waals surface area (Å²) in [5.41, 5.74) is 1.22. The lowest BCUT2D eigenvalue weighted by Gasteiger charge is -2.36. The molecular formula is C17H25ClN2O3S. The van der Waals surface area contributed by atoms with E-state index in [1.807, 2.05) is 6.92 Å². The van der Waals surface area contributed by atoms with Gasteiger partial charge in [-0.2, -0.15) is 0 Å². The summed E-state index contributed by atoms with van der Waals surface area (Å²) in [6.45, 7) is 6.92. The van der Waals surface area contributed by atoms with E-state index in [1.165, 1.54) is 4.31 Å². The second kappa shape index (κ2) is 7.31. The average Bonchev–Trinajstić information content (AvgIpc) is 2.48. The number of sulfonamides is 1. The van der Waals surface area contributed by atoms with Crippen molar-refractivity contribution >= 4 is 33.2 Å². The molecule has 0 aliphatic carbocycles. The SMILES string of the molecule is Cc1ccc(Cl)cc1N([C@H](C)C(=O)N1CCC[C@H](C)C1)S(C)(=O)=O. The van der Waals surface area contributed by atoms with E-state index in [1.54, 1.807) is 30.0 Å². The molecule has 24 heavy (non-hydrogen) atoms. The first-order valence-corrected chi connectivity index (χ1v) is 10.4. The highest BCUT2D eigenvalue weighted by atomic mass is 35.5. The maximum Gasteiger partial charge on any atom is 0.246 e. The van der Waals surface area contributed by atoms with Gasteiger partial charge in [-0.1, -0.05) is 24.6 Å². The van der Waals surface area contributed by atoms with Crippen LogP contribution < -0.4 is 4.31 Å². The number of carbonyl (C=O) groups is 1. The van der Waals surface area contributed by atoms with Gasteiger partial charge in [-0.15, -0.1) is 0 Å². The molecule has 1 aliphatic rings. The molecule has 7 heteroatoms. The van der Waals surface area contributed by atoms with Gasteiger partial charge in [-0.25, -0.2) is 8.42 Å². The molecule has 1 amide bonds. The van der Waals surface area contributed by atoms with Gasteiger partial charge in [0.15, 0.2) is 0 Å². The number of rotatable bonds is 4. The minimum Gasteiger partial charge on any atom is -0.341 e. The fourth-order valence-electron chi connectivity index (χ4n) is 3.25. The van der Waals surface area contributed by atoms with E-state index in [9.17, 15) is 13.2 Å². The molecule has 1 aromatic carbocycles. The first kappa shape index (κ1) is 19.1. The van der Waals surface area contributed by atoms with Crippen LogP contribution in [0, 0.1) is 12.8 Å². The van der Waals surface area contributed by atoms with Gasteiger partial charge in [0, 0.05) is 18.1 Å². The zero-order valence-corrected chi connectivity index (χ0v) is 16.2. The lowest BCUT2D eigenvalue weighted by Crippen LogP contribution is -2.51. The Hall–Kier alpha value is -1.27. The van der Waals surface area contributed by atoms with Crippen LogP contribution in [0.3, 0.4) is 0 Å². The predicted octanol–water partition coefficient (Wildman–Crippen LogP) is 3.06. The number of amides is 1. The molecule has 0 saturated carbocycles. The highest BCUT2D eigenvalue weighted by Crippen LogP contribution is 2.29. The largest absolute Gasteiger partial charge is 0.341 e. The third-order valence-corrected chi connectivity index (χ3v) is 5.91. The number of benzene rings is 1. The molecule has 0 radical (unpaired) electrons. The van der Waals surface area contributed by atoms with Gasteiger partial charge in [-0.3, -0.25) is 9.10 Å². The molecule has 1 aromatic rings. The van der Waals surface area contributed by atoms with Crippen molar-refractivity contribution < 1.29 is 13.2 Å². The Morgan fingerprint density at radius 3 is 2.67 bits per heavy atom. The molecule has 5 nitrogen and oxygen atoms in total. The van der Waals surface area contributed by atoms with Crippen LogP contribution in [0.1, 0.15) is 32.3 Å². The van der Waals surface area contributed by atoms with Crippen molar-refractivity contribution in [2.75, 3.05) is 23.7 Å². The Balaban J connectivity index is 2.38. The van der Waals surface area contributed by atoms with Crippen LogP contribution in [0.15, 0.2) is 18.2 Å². The monoisotopic (exact) mass is 372 g/mol. The van der Waals surface area contributed by atoms with Gasteiger partial charge in [0.05, 0.1) is 11.9 Å². The summed E-state index contributed by atoms with van der Waals surface area (Å²) in [5.74, 6) is 0.279. The van der Waals surface area contributed by atoms with Crippen LogP contribution in [0.4, 0.5) is 5.69 Å². The lowest BCUT2D eigenvalue weighted by molar-refractivity contribution is -0.133. The van der Waals surface area contributed by atoms with Gasteiger partial charge in [-0.05, 0) is 50.3 Å². The Morgan fingerprint density at radius 2 is 2.08 bits per heavy atom. The van der Waals surface area contributed by atoms with Crippen LogP contribution in [-0.2, 0) is 14.8 Å². The number of carbonyl (C=O) groups excluding carboxylic acids is 1. The van der Waals surface area contributed by atoms with E-state index in [2.05, 4.69) is 6.92 Å². The summed E-state index contributed by atoms with van der Waals surface area (Å²) in [4.78, 5) is 14.7. The standard InChI is InChI=1S/C17H25ClN2O3S/c1-12-6-5-9-19(11-12)17(21)14(3)20(24(4,22)23)16-10-15(18)8-7-13(16)2/h7-8,10,12,14H,5-6,9,11H2,1-4H3/t12-,14+/m0/s1. The third kappa shape index (κ3) is 4.22. The second-order valence-corrected chi connectivity index (χ2v) is 8.99. The van der Waals surface area contributed by atoms with Gasteiger partial charge in [0.2, 0.25) is 15.9 Å². The van der Waals surface area contributed by atoms with Crippen molar-refractivity contribution in [1.82, 2.24) is 4.90 Å². The molecule has 2 atom stereocenters. The van der Waals surface area contributed by atoms with Crippen molar-refractivity contribution in [3.63, 3.8) is 0 Å². The van der Waals surface area contributed by atoms with Crippen LogP contribution >= 0.6 is 11.6 Å². The first-order chi connectivity index (χ1) is 11.1. The topological polar surface area (TPSA) is 57.7 Å². The Bertz CT molecular complexity index is 721. The minimum atomic E-state index is -3.63. The summed E-state index contributed by atoms with van der Waals surface area (Å²) in [5, 5.41) is 0.440. The zero-order valence-electron chi connectivity index (χ0n) is 14.6. The predicted molar refractivity (Wildman–Crippen MR) is 98.0 cm³/mol. The Morgan fingerprint density at radius 1 is 1.42 bits per heavy atom. The molecule has 1 fully saturated rings. The van der Waals surface area contributed by atoms with Crippen molar-refractivity contribution in [1.29, 1.82) is 0 Å². The molecule has 0 aromatic heterocycles. The van der Waals surface area contributed by atoms with Gasteiger partial charge in [0.1, 0.15) is 6.04 Å². The quantitative estimate of drug-likeness (QED) is 0.816. The van der Waals surface area contributed by atoms with Crippen LogP contribution in [0.25, 0.3) is 0 Å². The molecule has 1 heterocycles. The van der Waals surface area contributed by atoms with Crippen molar-refractivity contribution in [2.24, 2.45) is 5.92 Å². The number of likely N-dealkylation sites (tertiary alicyclic amines) is 1. The molecule has 0 bridgehead atoms. The van der Waals surface area contributed by atoms with Crippen LogP contribution in [0.5, 0.6) is 0 Å². The summed E-state index contributed by atoms with van der Waals surface area (Å²) in [7, 11) is -3.63. The van der Waals surface area contributed by atoms with E-state index in [4.69, 9.17) is 11.6 Å². The van der Waals surface area contributed by atoms with Crippen molar-refractivity contribution in [3.05, 3.63) is 28.8 Å². The minimum absolute atomic E-state index is 0.161. The fourth-order valence-corrected chi connectivity index (χ4v) is 4.63. The molecule has 0 spiro atoms. The summed E-state index contributed by atoms with van der Waals surface area (Å²) >= 11 is 6.05. The van der Waals surface area contributed by atoms with Crippen molar-refractivity contribution in [3.8, 4) is 0 Å². The molecule has 2 rings (SSSR count). The molecule has 1 saturated heterocycles. The van der Waals surface area contributed by atoms with E-state index in [0.717, 1.165) is 24.7 Å². The molecule has 134 valence electrons. The van der Waals surface area contributed by atoms with Crippen LogP contribution in [0.2, 0.25) is 5.02 Å². The maximum absolute atomic E-state index is 12.9. The highest BCUT2D eigenvalue weighted by molar-refractivity contribution is 7.92. The van der Waals surface area contributed by atoms with Gasteiger partial charge < -0.3 is 4.90 Å². The van der Waals surface area contributed by atoms with E-state index < -0.39 is 16.1 Å². The number of piperidine rings is 1. The second-order valence-electron chi connectivity index (χ2n) is 6.70. The first-order valence-electron chi connectivity index (χ1n) is 8.15. The fraction of sp³-hybridized carbons (Fsp3) is 0.588. The number of aryl methyl sites for hydroxylation is 1.